The van der Waals surface area contributed by atoms with Crippen LogP contribution in [0.2, 0.25) is 5.02 Å². The van der Waals surface area contributed by atoms with Crippen molar-refractivity contribution in [3.63, 3.8) is 0 Å². The van der Waals surface area contributed by atoms with Crippen LogP contribution in [0.25, 0.3) is 0 Å². The predicted octanol–water partition coefficient (Wildman–Crippen LogP) is 2.41. The third kappa shape index (κ3) is 5.12. The van der Waals surface area contributed by atoms with Crippen molar-refractivity contribution in [2.75, 3.05) is 18.4 Å². The Hall–Kier alpha value is -1.42. The average molecular weight is 229 g/mol. The second kappa shape index (κ2) is 6.14. The predicted molar refractivity (Wildman–Crippen MR) is 60.6 cm³/mol. The summed E-state index contributed by atoms with van der Waals surface area (Å²) < 4.78 is 0. The van der Waals surface area contributed by atoms with E-state index in [4.69, 9.17) is 16.7 Å². The zero-order chi connectivity index (χ0) is 11.1. The maximum absolute atomic E-state index is 10.1. The molecular weight excluding hydrogens is 216 g/mol. The molecule has 1 rings (SSSR count). The van der Waals surface area contributed by atoms with Crippen molar-refractivity contribution in [1.82, 2.24) is 5.32 Å². The van der Waals surface area contributed by atoms with E-state index in [1.807, 2.05) is 18.2 Å². The van der Waals surface area contributed by atoms with Gasteiger partial charge in [0.25, 0.3) is 0 Å². The molecule has 0 aliphatic rings. The number of benzene rings is 1. The van der Waals surface area contributed by atoms with Crippen molar-refractivity contribution in [3.8, 4) is 0 Å². The highest BCUT2D eigenvalue weighted by molar-refractivity contribution is 6.30. The van der Waals surface area contributed by atoms with E-state index >= 15 is 0 Å². The first-order chi connectivity index (χ1) is 7.18. The number of rotatable bonds is 5. The topological polar surface area (TPSA) is 61.4 Å². The van der Waals surface area contributed by atoms with Gasteiger partial charge in [0, 0.05) is 23.8 Å². The largest absolute Gasteiger partial charge is 0.465 e. The Morgan fingerprint density at radius 3 is 2.87 bits per heavy atom. The zero-order valence-electron chi connectivity index (χ0n) is 8.16. The van der Waals surface area contributed by atoms with Crippen molar-refractivity contribution < 1.29 is 9.90 Å². The summed E-state index contributed by atoms with van der Waals surface area (Å²) in [4.78, 5) is 10.1. The Morgan fingerprint density at radius 2 is 2.20 bits per heavy atom. The van der Waals surface area contributed by atoms with Gasteiger partial charge in [-0.1, -0.05) is 17.7 Å². The number of hydrogen-bond donors (Lipinski definition) is 3. The van der Waals surface area contributed by atoms with E-state index in [0.29, 0.717) is 18.1 Å². The summed E-state index contributed by atoms with van der Waals surface area (Å²) in [7, 11) is 0. The fraction of sp³-hybridized carbons (Fsp3) is 0.300. The monoisotopic (exact) mass is 228 g/mol. The first-order valence-corrected chi connectivity index (χ1v) is 5.02. The van der Waals surface area contributed by atoms with E-state index in [9.17, 15) is 4.79 Å². The number of carboxylic acid groups (broad SMARTS) is 1. The lowest BCUT2D eigenvalue weighted by Crippen LogP contribution is -2.23. The van der Waals surface area contributed by atoms with Gasteiger partial charge in [0.2, 0.25) is 0 Å². The van der Waals surface area contributed by atoms with Crippen molar-refractivity contribution in [2.45, 2.75) is 6.42 Å². The summed E-state index contributed by atoms with van der Waals surface area (Å²) in [6.07, 6.45) is -0.253. The van der Waals surface area contributed by atoms with E-state index in [0.717, 1.165) is 12.1 Å². The molecule has 0 saturated carbocycles. The summed E-state index contributed by atoms with van der Waals surface area (Å²) in [5, 5.41) is 14.4. The number of carbonyl (C=O) groups is 1. The second-order valence-corrected chi connectivity index (χ2v) is 3.46. The van der Waals surface area contributed by atoms with Gasteiger partial charge in [0.05, 0.1) is 0 Å². The Kier molecular flexibility index (Phi) is 4.77. The minimum Gasteiger partial charge on any atom is -0.465 e. The number of halogens is 1. The third-order valence-corrected chi connectivity index (χ3v) is 2.02. The van der Waals surface area contributed by atoms with Crippen LogP contribution in [0.4, 0.5) is 10.5 Å². The van der Waals surface area contributed by atoms with E-state index in [2.05, 4.69) is 10.6 Å². The van der Waals surface area contributed by atoms with Crippen LogP contribution in [0.3, 0.4) is 0 Å². The second-order valence-electron chi connectivity index (χ2n) is 3.02. The summed E-state index contributed by atoms with van der Waals surface area (Å²) >= 11 is 5.80. The van der Waals surface area contributed by atoms with E-state index in [1.54, 1.807) is 6.07 Å². The molecule has 0 bridgehead atoms. The van der Waals surface area contributed by atoms with Crippen molar-refractivity contribution in [1.29, 1.82) is 0 Å². The van der Waals surface area contributed by atoms with Crippen molar-refractivity contribution in [2.24, 2.45) is 0 Å². The molecule has 0 fully saturated rings. The maximum Gasteiger partial charge on any atom is 0.404 e. The molecule has 15 heavy (non-hydrogen) atoms. The van der Waals surface area contributed by atoms with Gasteiger partial charge >= 0.3 is 6.09 Å². The highest BCUT2D eigenvalue weighted by Crippen LogP contribution is 2.14. The Balaban J connectivity index is 2.17. The minimum atomic E-state index is -0.988. The van der Waals surface area contributed by atoms with Gasteiger partial charge in [-0.2, -0.15) is 0 Å². The van der Waals surface area contributed by atoms with Crippen LogP contribution < -0.4 is 10.6 Å². The molecule has 0 atom stereocenters. The normalized spacial score (nSPS) is 9.67. The van der Waals surface area contributed by atoms with Crippen LogP contribution in [0.15, 0.2) is 24.3 Å². The Bertz CT molecular complexity index is 331. The maximum atomic E-state index is 10.1. The first kappa shape index (κ1) is 11.7. The quantitative estimate of drug-likeness (QED) is 0.679. The van der Waals surface area contributed by atoms with Gasteiger partial charge < -0.3 is 15.7 Å². The summed E-state index contributed by atoms with van der Waals surface area (Å²) in [5.41, 5.74) is 0.942. The van der Waals surface area contributed by atoms with Gasteiger partial charge in [-0.25, -0.2) is 4.79 Å². The number of hydrogen-bond acceptors (Lipinski definition) is 2. The van der Waals surface area contributed by atoms with Crippen molar-refractivity contribution >= 4 is 23.4 Å². The molecule has 5 heteroatoms. The van der Waals surface area contributed by atoms with Crippen molar-refractivity contribution in [3.05, 3.63) is 29.3 Å². The van der Waals surface area contributed by atoms with Crippen LogP contribution in [0.5, 0.6) is 0 Å². The van der Waals surface area contributed by atoms with Crippen LogP contribution in [0, 0.1) is 0 Å². The highest BCUT2D eigenvalue weighted by Gasteiger charge is 1.94. The average Bonchev–Trinajstić information content (AvgIpc) is 2.17. The van der Waals surface area contributed by atoms with Gasteiger partial charge in [-0.05, 0) is 24.6 Å². The van der Waals surface area contributed by atoms with Crippen LogP contribution in [-0.2, 0) is 0 Å². The molecule has 82 valence electrons. The minimum absolute atomic E-state index is 0.447. The molecule has 0 saturated heterocycles. The smallest absolute Gasteiger partial charge is 0.404 e. The molecule has 0 unspecified atom stereocenters. The molecule has 0 heterocycles. The van der Waals surface area contributed by atoms with Crippen LogP contribution in [0.1, 0.15) is 6.42 Å². The van der Waals surface area contributed by atoms with Gasteiger partial charge in [0.15, 0.2) is 0 Å². The van der Waals surface area contributed by atoms with E-state index in [1.165, 1.54) is 0 Å². The number of anilines is 1. The van der Waals surface area contributed by atoms with Gasteiger partial charge in [-0.3, -0.25) is 0 Å². The molecule has 3 N–H and O–H groups in total. The lowest BCUT2D eigenvalue weighted by atomic mass is 10.3. The molecule has 0 aliphatic carbocycles. The third-order valence-electron chi connectivity index (χ3n) is 1.78. The summed E-state index contributed by atoms with van der Waals surface area (Å²) in [5.74, 6) is 0. The molecule has 1 aromatic rings. The molecule has 0 aliphatic heterocycles. The first-order valence-electron chi connectivity index (χ1n) is 4.65. The van der Waals surface area contributed by atoms with E-state index < -0.39 is 6.09 Å². The summed E-state index contributed by atoms with van der Waals surface area (Å²) in [6, 6.07) is 7.40. The molecule has 4 nitrogen and oxygen atoms in total. The van der Waals surface area contributed by atoms with Gasteiger partial charge in [0.1, 0.15) is 0 Å². The molecular formula is C10H13ClN2O2. The molecule has 0 aromatic heterocycles. The Morgan fingerprint density at radius 1 is 1.40 bits per heavy atom. The number of amides is 1. The molecule has 0 spiro atoms. The van der Waals surface area contributed by atoms with E-state index in [-0.39, 0.29) is 0 Å². The Labute approximate surface area is 93.2 Å². The lowest BCUT2D eigenvalue weighted by molar-refractivity contribution is 0.194. The number of nitrogens with one attached hydrogen (secondary N) is 2. The fourth-order valence-electron chi connectivity index (χ4n) is 1.11. The van der Waals surface area contributed by atoms with Gasteiger partial charge in [-0.15, -0.1) is 0 Å². The van der Waals surface area contributed by atoms with Crippen LogP contribution in [-0.4, -0.2) is 24.3 Å². The lowest BCUT2D eigenvalue weighted by Gasteiger charge is -2.06. The summed E-state index contributed by atoms with van der Waals surface area (Å²) in [6.45, 7) is 1.16. The molecule has 0 radical (unpaired) electrons. The SMILES string of the molecule is O=C(O)NCCCNc1cccc(Cl)c1. The standard InChI is InChI=1S/C10H13ClN2O2/c11-8-3-1-4-9(7-8)12-5-2-6-13-10(14)15/h1,3-4,7,12-13H,2,5-6H2,(H,14,15). The zero-order valence-corrected chi connectivity index (χ0v) is 8.92. The van der Waals surface area contributed by atoms with Crippen LogP contribution >= 0.6 is 11.6 Å². The molecule has 1 aromatic carbocycles. The molecule has 1 amide bonds. The fourth-order valence-corrected chi connectivity index (χ4v) is 1.31. The highest BCUT2D eigenvalue weighted by atomic mass is 35.5.